The molecule has 0 amide bonds. The van der Waals surface area contributed by atoms with Crippen molar-refractivity contribution in [3.8, 4) is 0 Å². The number of hydrogen-bond donors (Lipinski definition) is 1. The summed E-state index contributed by atoms with van der Waals surface area (Å²) in [6.07, 6.45) is 2.81. The lowest BCUT2D eigenvalue weighted by molar-refractivity contribution is -0.149. The van der Waals surface area contributed by atoms with Crippen LogP contribution in [0.1, 0.15) is 37.7 Å². The molecule has 0 bridgehead atoms. The monoisotopic (exact) mass is 535 g/mol. The van der Waals surface area contributed by atoms with Gasteiger partial charge in [0.1, 0.15) is 0 Å². The fourth-order valence-corrected chi connectivity index (χ4v) is 3.75. The number of piperidine rings is 1. The molecule has 1 aliphatic heterocycles. The van der Waals surface area contributed by atoms with Crippen molar-refractivity contribution in [1.29, 1.82) is 0 Å². The first-order chi connectivity index (χ1) is 12.1. The van der Waals surface area contributed by atoms with Gasteiger partial charge in [0.05, 0.1) is 12.5 Å². The predicted octanol–water partition coefficient (Wildman–Crippen LogP) is 3.77. The van der Waals surface area contributed by atoms with Gasteiger partial charge in [-0.2, -0.15) is 0 Å². The van der Waals surface area contributed by atoms with E-state index in [1.165, 1.54) is 5.56 Å². The normalized spacial score (nSPS) is 23.2. The standard InChI is InChI=1S/C19H26BrN3O2.HI/c1-3-25-18(24)14-8-10-23(11-9-14)19(21-2)22-17-12-16(17)13-4-6-15(20)7-5-13;/h4-7,14,16-17H,3,8-12H2,1-2H3,(H,21,22);1H. The van der Waals surface area contributed by atoms with E-state index >= 15 is 0 Å². The molecule has 26 heavy (non-hydrogen) atoms. The molecule has 144 valence electrons. The molecule has 2 aliphatic rings. The summed E-state index contributed by atoms with van der Waals surface area (Å²) in [6, 6.07) is 9.01. The van der Waals surface area contributed by atoms with Gasteiger partial charge in [-0.1, -0.05) is 28.1 Å². The molecule has 2 unspecified atom stereocenters. The average Bonchev–Trinajstić information content (AvgIpc) is 3.40. The maximum Gasteiger partial charge on any atom is 0.309 e. The maximum absolute atomic E-state index is 11.9. The molecule has 0 aromatic heterocycles. The van der Waals surface area contributed by atoms with Crippen LogP contribution < -0.4 is 5.32 Å². The SMILES string of the molecule is CCOC(=O)C1CCN(C(=NC)NC2CC2c2ccc(Br)cc2)CC1.I. The van der Waals surface area contributed by atoms with Gasteiger partial charge in [0.2, 0.25) is 0 Å². The number of carbonyl (C=O) groups excluding carboxylic acids is 1. The second-order valence-electron chi connectivity index (χ2n) is 6.71. The molecule has 1 aromatic rings. The van der Waals surface area contributed by atoms with Gasteiger partial charge in [-0.15, -0.1) is 24.0 Å². The molecule has 7 heteroatoms. The number of benzene rings is 1. The van der Waals surface area contributed by atoms with E-state index in [4.69, 9.17) is 4.74 Å². The summed E-state index contributed by atoms with van der Waals surface area (Å²) in [5.74, 6) is 1.49. The van der Waals surface area contributed by atoms with E-state index in [1.54, 1.807) is 0 Å². The topological polar surface area (TPSA) is 53.9 Å². The summed E-state index contributed by atoms with van der Waals surface area (Å²) in [4.78, 5) is 18.6. The molecular weight excluding hydrogens is 509 g/mol. The Hall–Kier alpha value is -0.830. The third-order valence-corrected chi connectivity index (χ3v) is 5.56. The zero-order chi connectivity index (χ0) is 17.8. The van der Waals surface area contributed by atoms with E-state index in [0.29, 0.717) is 18.6 Å². The van der Waals surface area contributed by atoms with E-state index in [2.05, 4.69) is 55.4 Å². The van der Waals surface area contributed by atoms with Gasteiger partial charge in [-0.3, -0.25) is 9.79 Å². The number of carbonyl (C=O) groups is 1. The summed E-state index contributed by atoms with van der Waals surface area (Å²) in [5, 5.41) is 3.59. The molecular formula is C19H27BrIN3O2. The number of ether oxygens (including phenoxy) is 1. The second kappa shape index (κ2) is 9.92. The molecule has 1 aromatic carbocycles. The third kappa shape index (κ3) is 5.34. The highest BCUT2D eigenvalue weighted by atomic mass is 127. The molecule has 2 fully saturated rings. The Morgan fingerprint density at radius 3 is 2.54 bits per heavy atom. The minimum atomic E-state index is -0.0532. The number of guanidine groups is 1. The van der Waals surface area contributed by atoms with E-state index in [0.717, 1.165) is 42.8 Å². The fraction of sp³-hybridized carbons (Fsp3) is 0.579. The van der Waals surface area contributed by atoms with Crippen molar-refractivity contribution in [3.05, 3.63) is 34.3 Å². The van der Waals surface area contributed by atoms with Crippen molar-refractivity contribution in [3.63, 3.8) is 0 Å². The van der Waals surface area contributed by atoms with Crippen molar-refractivity contribution in [2.24, 2.45) is 10.9 Å². The van der Waals surface area contributed by atoms with Gasteiger partial charge in [0.15, 0.2) is 5.96 Å². The van der Waals surface area contributed by atoms with Crippen LogP contribution in [0.3, 0.4) is 0 Å². The fourth-order valence-electron chi connectivity index (χ4n) is 3.48. The first kappa shape index (κ1) is 21.5. The highest BCUT2D eigenvalue weighted by molar-refractivity contribution is 14.0. The van der Waals surface area contributed by atoms with Crippen LogP contribution in [0, 0.1) is 5.92 Å². The Labute approximate surface area is 181 Å². The third-order valence-electron chi connectivity index (χ3n) is 5.03. The lowest BCUT2D eigenvalue weighted by Crippen LogP contribution is -2.47. The highest BCUT2D eigenvalue weighted by Crippen LogP contribution is 2.41. The zero-order valence-electron chi connectivity index (χ0n) is 15.3. The quantitative estimate of drug-likeness (QED) is 0.276. The summed E-state index contributed by atoms with van der Waals surface area (Å²) in [6.45, 7) is 4.01. The number of aliphatic imine (C=N–C) groups is 1. The first-order valence-electron chi connectivity index (χ1n) is 9.02. The molecule has 0 spiro atoms. The summed E-state index contributed by atoms with van der Waals surface area (Å²) in [5.41, 5.74) is 1.37. The Balaban J connectivity index is 0.00000243. The Bertz CT molecular complexity index is 630. The smallest absolute Gasteiger partial charge is 0.309 e. The summed E-state index contributed by atoms with van der Waals surface area (Å²) in [7, 11) is 1.83. The second-order valence-corrected chi connectivity index (χ2v) is 7.62. The van der Waals surface area contributed by atoms with Gasteiger partial charge in [-0.25, -0.2) is 0 Å². The first-order valence-corrected chi connectivity index (χ1v) is 9.82. The molecule has 1 aliphatic carbocycles. The number of likely N-dealkylation sites (tertiary alicyclic amines) is 1. The Morgan fingerprint density at radius 2 is 1.96 bits per heavy atom. The van der Waals surface area contributed by atoms with Gasteiger partial charge in [0, 0.05) is 36.6 Å². The van der Waals surface area contributed by atoms with Crippen molar-refractivity contribution in [1.82, 2.24) is 10.2 Å². The number of hydrogen-bond acceptors (Lipinski definition) is 3. The highest BCUT2D eigenvalue weighted by Gasteiger charge is 2.40. The predicted molar refractivity (Wildman–Crippen MR) is 118 cm³/mol. The molecule has 1 heterocycles. The lowest BCUT2D eigenvalue weighted by atomic mass is 9.97. The minimum Gasteiger partial charge on any atom is -0.466 e. The van der Waals surface area contributed by atoms with Crippen LogP contribution in [0.2, 0.25) is 0 Å². The zero-order valence-corrected chi connectivity index (χ0v) is 19.2. The Morgan fingerprint density at radius 1 is 1.31 bits per heavy atom. The average molecular weight is 536 g/mol. The Kier molecular flexibility index (Phi) is 8.19. The van der Waals surface area contributed by atoms with E-state index in [-0.39, 0.29) is 35.9 Å². The van der Waals surface area contributed by atoms with E-state index in [9.17, 15) is 4.79 Å². The van der Waals surface area contributed by atoms with Crippen molar-refractivity contribution < 1.29 is 9.53 Å². The maximum atomic E-state index is 11.9. The van der Waals surface area contributed by atoms with E-state index in [1.807, 2.05) is 14.0 Å². The van der Waals surface area contributed by atoms with Crippen LogP contribution >= 0.6 is 39.9 Å². The van der Waals surface area contributed by atoms with Crippen LogP contribution in [0.4, 0.5) is 0 Å². The van der Waals surface area contributed by atoms with Crippen LogP contribution in [-0.4, -0.2) is 49.6 Å². The largest absolute Gasteiger partial charge is 0.466 e. The van der Waals surface area contributed by atoms with Crippen molar-refractivity contribution in [2.45, 2.75) is 38.1 Å². The number of nitrogens with one attached hydrogen (secondary N) is 1. The molecule has 5 nitrogen and oxygen atoms in total. The molecule has 1 saturated heterocycles. The molecule has 2 atom stereocenters. The number of rotatable bonds is 4. The van der Waals surface area contributed by atoms with Crippen LogP contribution in [0.15, 0.2) is 33.7 Å². The van der Waals surface area contributed by atoms with Gasteiger partial charge in [0.25, 0.3) is 0 Å². The van der Waals surface area contributed by atoms with Crippen molar-refractivity contribution in [2.75, 3.05) is 26.7 Å². The van der Waals surface area contributed by atoms with Crippen LogP contribution in [0.25, 0.3) is 0 Å². The van der Waals surface area contributed by atoms with Gasteiger partial charge < -0.3 is 15.0 Å². The molecule has 0 radical (unpaired) electrons. The molecule has 1 saturated carbocycles. The number of halogens is 2. The molecule has 1 N–H and O–H groups in total. The number of nitrogens with zero attached hydrogens (tertiary/aromatic N) is 2. The molecule has 3 rings (SSSR count). The summed E-state index contributed by atoms with van der Waals surface area (Å²) >= 11 is 3.48. The van der Waals surface area contributed by atoms with Crippen LogP contribution in [-0.2, 0) is 9.53 Å². The van der Waals surface area contributed by atoms with Gasteiger partial charge in [-0.05, 0) is 43.9 Å². The van der Waals surface area contributed by atoms with Crippen LogP contribution in [0.5, 0.6) is 0 Å². The lowest BCUT2D eigenvalue weighted by Gasteiger charge is -2.33. The minimum absolute atomic E-state index is 0. The number of esters is 1. The van der Waals surface area contributed by atoms with E-state index < -0.39 is 0 Å². The summed E-state index contributed by atoms with van der Waals surface area (Å²) < 4.78 is 6.26. The van der Waals surface area contributed by atoms with Crippen molar-refractivity contribution >= 4 is 51.8 Å². The van der Waals surface area contributed by atoms with Gasteiger partial charge >= 0.3 is 5.97 Å².